The van der Waals surface area contributed by atoms with Gasteiger partial charge >= 0.3 is 0 Å². The smallest absolute Gasteiger partial charge is 0.220 e. The third-order valence-corrected chi connectivity index (χ3v) is 4.75. The summed E-state index contributed by atoms with van der Waals surface area (Å²) >= 11 is 29.8. The van der Waals surface area contributed by atoms with Crippen molar-refractivity contribution in [3.05, 3.63) is 48.9 Å². The van der Waals surface area contributed by atoms with Crippen LogP contribution in [-0.4, -0.2) is 11.3 Å². The number of hydrogen-bond acceptors (Lipinski definition) is 2. The molecular formula is C12H3Cl5FNO. The van der Waals surface area contributed by atoms with Crippen molar-refractivity contribution in [2.75, 3.05) is 0 Å². The van der Waals surface area contributed by atoms with E-state index in [1.54, 1.807) is 0 Å². The number of nitrogens with zero attached hydrogens (tertiary/aromatic N) is 1. The number of halogens is 6. The fourth-order valence-corrected chi connectivity index (χ4v) is 2.89. The zero-order valence-corrected chi connectivity index (χ0v) is 13.1. The number of aldehydes is 1. The third-order valence-electron chi connectivity index (χ3n) is 2.48. The van der Waals surface area contributed by atoms with Crippen LogP contribution in [0.3, 0.4) is 0 Å². The number of rotatable bonds is 2. The molecule has 0 atom stereocenters. The van der Waals surface area contributed by atoms with Gasteiger partial charge < -0.3 is 0 Å². The molecule has 0 saturated heterocycles. The lowest BCUT2D eigenvalue weighted by Crippen LogP contribution is -1.95. The molecule has 8 heteroatoms. The quantitative estimate of drug-likeness (QED) is 0.281. The number of carbonyl (C=O) groups is 1. The maximum atomic E-state index is 13.9. The summed E-state index contributed by atoms with van der Waals surface area (Å²) in [5.74, 6) is -0.867. The molecule has 0 spiro atoms. The molecule has 0 saturated carbocycles. The lowest BCUT2D eigenvalue weighted by molar-refractivity contribution is 0.112. The van der Waals surface area contributed by atoms with Crippen molar-refractivity contribution >= 4 is 64.3 Å². The molecule has 0 aliphatic carbocycles. The van der Waals surface area contributed by atoms with E-state index in [9.17, 15) is 9.18 Å². The van der Waals surface area contributed by atoms with Gasteiger partial charge in [0.25, 0.3) is 0 Å². The summed E-state index contributed by atoms with van der Waals surface area (Å²) in [5, 5.41) is -0.307. The van der Waals surface area contributed by atoms with Gasteiger partial charge in [-0.05, 0) is 6.07 Å². The van der Waals surface area contributed by atoms with Gasteiger partial charge in [0.05, 0.1) is 25.1 Å². The summed E-state index contributed by atoms with van der Waals surface area (Å²) in [6, 6.07) is 1.24. The van der Waals surface area contributed by atoms with Crippen LogP contribution in [0.5, 0.6) is 0 Å². The summed E-state index contributed by atoms with van der Waals surface area (Å²) in [7, 11) is 0. The first-order valence-electron chi connectivity index (χ1n) is 5.01. The number of carbonyl (C=O) groups excluding carboxylic acids is 1. The minimum Gasteiger partial charge on any atom is -0.298 e. The van der Waals surface area contributed by atoms with Gasteiger partial charge in [0.15, 0.2) is 6.29 Å². The lowest BCUT2D eigenvalue weighted by Gasteiger charge is -2.13. The second-order valence-corrected chi connectivity index (χ2v) is 5.56. The minimum absolute atomic E-state index is 0.0291. The number of hydrogen-bond donors (Lipinski definition) is 0. The van der Waals surface area contributed by atoms with Crippen LogP contribution in [0.2, 0.25) is 25.1 Å². The monoisotopic (exact) mass is 371 g/mol. The third kappa shape index (κ3) is 2.61. The van der Waals surface area contributed by atoms with Crippen LogP contribution in [0, 0.1) is 5.95 Å². The second-order valence-electron chi connectivity index (χ2n) is 3.67. The molecule has 104 valence electrons. The molecule has 0 radical (unpaired) electrons. The van der Waals surface area contributed by atoms with E-state index in [1.807, 2.05) is 0 Å². The van der Waals surface area contributed by atoms with E-state index in [-0.39, 0.29) is 41.8 Å². The van der Waals surface area contributed by atoms with Crippen molar-refractivity contribution in [3.63, 3.8) is 0 Å². The van der Waals surface area contributed by atoms with Gasteiger partial charge in [0.1, 0.15) is 0 Å². The highest BCUT2D eigenvalue weighted by molar-refractivity contribution is 6.56. The summed E-state index contributed by atoms with van der Waals surface area (Å²) in [4.78, 5) is 14.2. The molecule has 2 rings (SSSR count). The fraction of sp³-hybridized carbons (Fsp3) is 0. The number of aromatic nitrogens is 1. The van der Waals surface area contributed by atoms with Crippen molar-refractivity contribution in [2.45, 2.75) is 0 Å². The minimum atomic E-state index is -0.867. The number of benzene rings is 1. The molecule has 20 heavy (non-hydrogen) atoms. The van der Waals surface area contributed by atoms with E-state index >= 15 is 0 Å². The average Bonchev–Trinajstić information content (AvgIpc) is 2.45. The van der Waals surface area contributed by atoms with Crippen LogP contribution in [0.1, 0.15) is 10.4 Å². The molecule has 0 N–H and O–H groups in total. The molecule has 0 fully saturated rings. The molecule has 1 heterocycles. The predicted octanol–water partition coefficient (Wildman–Crippen LogP) is 5.97. The van der Waals surface area contributed by atoms with Gasteiger partial charge in [0, 0.05) is 22.9 Å². The Balaban J connectivity index is 2.86. The topological polar surface area (TPSA) is 30.0 Å². The Morgan fingerprint density at radius 3 is 1.95 bits per heavy atom. The lowest BCUT2D eigenvalue weighted by atomic mass is 10.1. The van der Waals surface area contributed by atoms with E-state index < -0.39 is 5.95 Å². The first-order chi connectivity index (χ1) is 9.38. The summed E-state index contributed by atoms with van der Waals surface area (Å²) in [6.07, 6.45) is 1.59. The van der Waals surface area contributed by atoms with Crippen molar-refractivity contribution in [1.82, 2.24) is 4.98 Å². The van der Waals surface area contributed by atoms with Crippen LogP contribution < -0.4 is 0 Å². The molecule has 0 amide bonds. The largest absolute Gasteiger partial charge is 0.298 e. The normalized spacial score (nSPS) is 10.7. The van der Waals surface area contributed by atoms with Crippen molar-refractivity contribution in [3.8, 4) is 11.1 Å². The highest BCUT2D eigenvalue weighted by atomic mass is 35.5. The Hall–Kier alpha value is -0.580. The van der Waals surface area contributed by atoms with Gasteiger partial charge in [-0.15, -0.1) is 0 Å². The van der Waals surface area contributed by atoms with E-state index in [2.05, 4.69) is 4.98 Å². The number of pyridine rings is 1. The molecular weight excluding hydrogens is 370 g/mol. The van der Waals surface area contributed by atoms with Crippen LogP contribution in [0.4, 0.5) is 4.39 Å². The highest BCUT2D eigenvalue weighted by Crippen LogP contribution is 2.48. The fourth-order valence-electron chi connectivity index (χ4n) is 1.55. The highest BCUT2D eigenvalue weighted by Gasteiger charge is 2.23. The standard InChI is InChI=1S/C12H3Cl5FNO/c13-7-6(8(14)10(16)11(17)9(7)15)5-1-4(3-20)2-19-12(5)18/h1-3H. The molecule has 2 nitrogen and oxygen atoms in total. The molecule has 1 aromatic carbocycles. The molecule has 0 unspecified atom stereocenters. The Morgan fingerprint density at radius 2 is 1.45 bits per heavy atom. The van der Waals surface area contributed by atoms with E-state index in [1.165, 1.54) is 6.07 Å². The van der Waals surface area contributed by atoms with Gasteiger partial charge in [-0.1, -0.05) is 58.0 Å². The van der Waals surface area contributed by atoms with Crippen LogP contribution in [0.25, 0.3) is 11.1 Å². The zero-order valence-electron chi connectivity index (χ0n) is 9.36. The molecule has 1 aromatic heterocycles. The summed E-state index contributed by atoms with van der Waals surface area (Å²) in [5.41, 5.74) is 0.0854. The SMILES string of the molecule is O=Cc1cnc(F)c(-c2c(Cl)c(Cl)c(Cl)c(Cl)c2Cl)c1. The van der Waals surface area contributed by atoms with Crippen LogP contribution >= 0.6 is 58.0 Å². The predicted molar refractivity (Wildman–Crippen MR) is 80.1 cm³/mol. The average molecular weight is 373 g/mol. The second kappa shape index (κ2) is 6.04. The molecule has 0 bridgehead atoms. The van der Waals surface area contributed by atoms with Gasteiger partial charge in [0.2, 0.25) is 5.95 Å². The first kappa shape index (κ1) is 15.8. The van der Waals surface area contributed by atoms with Crippen molar-refractivity contribution in [1.29, 1.82) is 0 Å². The molecule has 0 aliphatic rings. The van der Waals surface area contributed by atoms with Crippen LogP contribution in [0.15, 0.2) is 12.3 Å². The van der Waals surface area contributed by atoms with Crippen molar-refractivity contribution < 1.29 is 9.18 Å². The molecule has 2 aromatic rings. The van der Waals surface area contributed by atoms with Gasteiger partial charge in [-0.25, -0.2) is 4.98 Å². The Labute approximate surface area is 138 Å². The summed E-state index contributed by atoms with van der Waals surface area (Å²) < 4.78 is 13.9. The summed E-state index contributed by atoms with van der Waals surface area (Å²) in [6.45, 7) is 0. The zero-order chi connectivity index (χ0) is 15.0. The van der Waals surface area contributed by atoms with Gasteiger partial charge in [-0.3, -0.25) is 4.79 Å². The molecule has 0 aliphatic heterocycles. The van der Waals surface area contributed by atoms with Crippen molar-refractivity contribution in [2.24, 2.45) is 0 Å². The van der Waals surface area contributed by atoms with Gasteiger partial charge in [-0.2, -0.15) is 4.39 Å². The first-order valence-corrected chi connectivity index (χ1v) is 6.90. The Bertz CT molecular complexity index is 690. The van der Waals surface area contributed by atoms with E-state index in [0.717, 1.165) is 6.20 Å². The Morgan fingerprint density at radius 1 is 0.950 bits per heavy atom. The van der Waals surface area contributed by atoms with Crippen LogP contribution in [-0.2, 0) is 0 Å². The van der Waals surface area contributed by atoms with E-state index in [0.29, 0.717) is 6.29 Å². The maximum absolute atomic E-state index is 13.9. The Kier molecular flexibility index (Phi) is 4.77. The maximum Gasteiger partial charge on any atom is 0.220 e. The van der Waals surface area contributed by atoms with E-state index in [4.69, 9.17) is 58.0 Å².